The van der Waals surface area contributed by atoms with Crippen molar-refractivity contribution < 1.29 is 9.53 Å². The number of carbonyl (C=O) groups is 1. The number of carbonyl (C=O) groups excluding carboxylic acids is 1. The first kappa shape index (κ1) is 19.3. The van der Waals surface area contributed by atoms with Crippen LogP contribution in [0.5, 0.6) is 0 Å². The second kappa shape index (κ2) is 10.7. The molecule has 0 radical (unpaired) electrons. The summed E-state index contributed by atoms with van der Waals surface area (Å²) >= 11 is -0.551. The number of allylic oxidation sites excluding steroid dienone is 1. The number of hydrogen-bond donors (Lipinski definition) is 0. The summed E-state index contributed by atoms with van der Waals surface area (Å²) < 4.78 is 8.37. The summed E-state index contributed by atoms with van der Waals surface area (Å²) in [7, 11) is 0. The molecule has 0 bridgehead atoms. The minimum atomic E-state index is -0.551. The molecule has 2 rings (SSSR count). The molecule has 2 nitrogen and oxygen atoms in total. The van der Waals surface area contributed by atoms with Crippen LogP contribution in [0.2, 0.25) is 0 Å². The number of hydrogen-bond acceptors (Lipinski definition) is 2. The average molecular weight is 440 g/mol. The van der Waals surface area contributed by atoms with Gasteiger partial charge in [-0.05, 0) is 0 Å². The van der Waals surface area contributed by atoms with Gasteiger partial charge in [-0.2, -0.15) is 0 Å². The zero-order valence-electron chi connectivity index (χ0n) is 14.6. The first-order valence-electron chi connectivity index (χ1n) is 9.04. The molecule has 1 aromatic carbocycles. The summed E-state index contributed by atoms with van der Waals surface area (Å²) in [6.07, 6.45) is 11.1. The van der Waals surface area contributed by atoms with E-state index in [1.807, 2.05) is 12.1 Å². The Kier molecular flexibility index (Phi) is 8.64. The van der Waals surface area contributed by atoms with Gasteiger partial charge in [0.25, 0.3) is 0 Å². The van der Waals surface area contributed by atoms with Gasteiger partial charge in [0.05, 0.1) is 0 Å². The van der Waals surface area contributed by atoms with E-state index < -0.39 is 20.9 Å². The Labute approximate surface area is 156 Å². The summed E-state index contributed by atoms with van der Waals surface area (Å²) in [6, 6.07) is 10.5. The van der Waals surface area contributed by atoms with Crippen LogP contribution in [-0.4, -0.2) is 33.0 Å². The zero-order valence-corrected chi connectivity index (χ0v) is 17.0. The van der Waals surface area contributed by atoms with Gasteiger partial charge >= 0.3 is 157 Å². The average Bonchev–Trinajstić information content (AvgIpc) is 2.88. The molecule has 3 heteroatoms. The predicted octanol–water partition coefficient (Wildman–Crippen LogP) is 4.52. The summed E-state index contributed by atoms with van der Waals surface area (Å²) in [4.78, 5) is 12.2. The molecule has 1 atom stereocenters. The second-order valence-electron chi connectivity index (χ2n) is 6.20. The molecule has 0 N–H and O–H groups in total. The quantitative estimate of drug-likeness (QED) is 0.219. The van der Waals surface area contributed by atoms with Crippen LogP contribution in [-0.2, 0) is 9.53 Å². The van der Waals surface area contributed by atoms with Gasteiger partial charge in [-0.3, -0.25) is 0 Å². The normalized spacial score (nSPS) is 17.2. The van der Waals surface area contributed by atoms with E-state index in [-0.39, 0.29) is 12.1 Å². The van der Waals surface area contributed by atoms with E-state index in [2.05, 4.69) is 37.8 Å². The number of benzene rings is 1. The fourth-order valence-electron chi connectivity index (χ4n) is 2.92. The van der Waals surface area contributed by atoms with E-state index in [0.717, 1.165) is 18.4 Å². The molecule has 130 valence electrons. The Morgan fingerprint density at radius 1 is 1.12 bits per heavy atom. The summed E-state index contributed by atoms with van der Waals surface area (Å²) in [5.74, 6) is -0.109. The molecular weight excluding hydrogens is 412 g/mol. The topological polar surface area (TPSA) is 26.3 Å². The van der Waals surface area contributed by atoms with E-state index in [1.54, 1.807) is 0 Å². The molecule has 0 aliphatic carbocycles. The number of esters is 1. The van der Waals surface area contributed by atoms with E-state index in [1.165, 1.54) is 39.3 Å². The van der Waals surface area contributed by atoms with Crippen molar-refractivity contribution >= 4 is 30.5 Å². The third kappa shape index (κ3) is 5.79. The van der Waals surface area contributed by atoms with Crippen molar-refractivity contribution in [1.82, 2.24) is 0 Å². The number of ether oxygens (including phenoxy) is 1. The third-order valence-corrected chi connectivity index (χ3v) is 7.76. The van der Waals surface area contributed by atoms with Gasteiger partial charge in [0, 0.05) is 0 Å². The van der Waals surface area contributed by atoms with Crippen LogP contribution in [0.1, 0.15) is 58.3 Å². The SMILES string of the molecule is C=CCC1=C([Te]c2ccccc2)C(CCCCCCCC)OC1=O. The van der Waals surface area contributed by atoms with Crippen LogP contribution in [0, 0.1) is 0 Å². The van der Waals surface area contributed by atoms with Crippen molar-refractivity contribution in [3.63, 3.8) is 0 Å². The van der Waals surface area contributed by atoms with Gasteiger partial charge in [0.2, 0.25) is 0 Å². The van der Waals surface area contributed by atoms with Crippen LogP contribution in [0.15, 0.2) is 52.2 Å². The molecule has 0 amide bonds. The molecule has 0 saturated carbocycles. The van der Waals surface area contributed by atoms with Crippen LogP contribution >= 0.6 is 0 Å². The molecular formula is C21H28O2Te. The van der Waals surface area contributed by atoms with Crippen LogP contribution in [0.25, 0.3) is 0 Å². The second-order valence-corrected chi connectivity index (χ2v) is 9.38. The Morgan fingerprint density at radius 3 is 2.54 bits per heavy atom. The van der Waals surface area contributed by atoms with Crippen LogP contribution in [0.4, 0.5) is 0 Å². The van der Waals surface area contributed by atoms with Gasteiger partial charge in [-0.25, -0.2) is 0 Å². The molecule has 0 spiro atoms. The van der Waals surface area contributed by atoms with Crippen molar-refractivity contribution in [3.05, 3.63) is 52.2 Å². The maximum absolute atomic E-state index is 12.2. The number of cyclic esters (lactones) is 1. The van der Waals surface area contributed by atoms with E-state index in [0.29, 0.717) is 6.42 Å². The maximum atomic E-state index is 12.2. The molecule has 1 heterocycles. The first-order chi connectivity index (χ1) is 11.8. The van der Waals surface area contributed by atoms with Gasteiger partial charge < -0.3 is 0 Å². The molecule has 0 aromatic heterocycles. The molecule has 0 fully saturated rings. The molecule has 0 saturated heterocycles. The van der Waals surface area contributed by atoms with Crippen molar-refractivity contribution in [2.45, 2.75) is 64.4 Å². The van der Waals surface area contributed by atoms with Crippen molar-refractivity contribution in [2.24, 2.45) is 0 Å². The van der Waals surface area contributed by atoms with E-state index in [4.69, 9.17) is 4.74 Å². The van der Waals surface area contributed by atoms with Gasteiger partial charge in [-0.15, -0.1) is 0 Å². The van der Waals surface area contributed by atoms with E-state index >= 15 is 0 Å². The molecule has 1 aromatic rings. The zero-order chi connectivity index (χ0) is 17.2. The Hall–Kier alpha value is -1.04. The standard InChI is InChI=1S/C21H28O2Te/c1-3-5-6-7-8-12-16-19-20(18(13-4-2)21(22)23-19)24-17-14-10-9-11-15-17/h4,9-11,14-15,19H,2-3,5-8,12-13,16H2,1H3. The van der Waals surface area contributed by atoms with Gasteiger partial charge in [0.15, 0.2) is 0 Å². The van der Waals surface area contributed by atoms with Crippen molar-refractivity contribution in [1.29, 1.82) is 0 Å². The number of rotatable bonds is 11. The Morgan fingerprint density at radius 2 is 1.83 bits per heavy atom. The fourth-order valence-corrected chi connectivity index (χ4v) is 6.16. The summed E-state index contributed by atoms with van der Waals surface area (Å²) in [6.45, 7) is 6.04. The third-order valence-electron chi connectivity index (χ3n) is 4.22. The predicted molar refractivity (Wildman–Crippen MR) is 102 cm³/mol. The van der Waals surface area contributed by atoms with Gasteiger partial charge in [0.1, 0.15) is 0 Å². The molecule has 24 heavy (non-hydrogen) atoms. The fraction of sp³-hybridized carbons (Fsp3) is 0.476. The molecule has 1 aliphatic rings. The number of unbranched alkanes of at least 4 members (excludes halogenated alkanes) is 5. The van der Waals surface area contributed by atoms with Crippen molar-refractivity contribution in [2.75, 3.05) is 0 Å². The monoisotopic (exact) mass is 442 g/mol. The van der Waals surface area contributed by atoms with Crippen molar-refractivity contribution in [3.8, 4) is 0 Å². The Balaban J connectivity index is 1.98. The van der Waals surface area contributed by atoms with Crippen LogP contribution < -0.4 is 3.61 Å². The minimum absolute atomic E-state index is 0.0150. The Bertz CT molecular complexity index is 562. The first-order valence-corrected chi connectivity index (χ1v) is 11.4. The summed E-state index contributed by atoms with van der Waals surface area (Å²) in [5.41, 5.74) is 0.882. The van der Waals surface area contributed by atoms with Crippen LogP contribution in [0.3, 0.4) is 0 Å². The summed E-state index contributed by atoms with van der Waals surface area (Å²) in [5, 5.41) is 0. The molecule has 1 aliphatic heterocycles. The van der Waals surface area contributed by atoms with Gasteiger partial charge in [-0.1, -0.05) is 0 Å². The molecule has 1 unspecified atom stereocenters. The van der Waals surface area contributed by atoms with E-state index in [9.17, 15) is 4.79 Å².